The number of rotatable bonds is 3. The number of carboxylic acid groups (broad SMARTS) is 1. The van der Waals surface area contributed by atoms with Gasteiger partial charge in [-0.3, -0.25) is 14.5 Å². The van der Waals surface area contributed by atoms with Crippen LogP contribution in [0.4, 0.5) is 0 Å². The largest absolute Gasteiger partial charge is 0.475 e. The number of likely N-dealkylation sites (tertiary alicyclic amines) is 1. The maximum Gasteiger partial charge on any atom is 0.372 e. The number of aromatic carboxylic acids is 1. The van der Waals surface area contributed by atoms with E-state index in [-0.39, 0.29) is 29.5 Å². The molecule has 0 atom stereocenters. The minimum atomic E-state index is -1.16. The summed E-state index contributed by atoms with van der Waals surface area (Å²) in [4.78, 5) is 36.0. The summed E-state index contributed by atoms with van der Waals surface area (Å²) in [6.07, 6.45) is 0.592. The molecule has 0 saturated carbocycles. The Morgan fingerprint density at radius 1 is 1.35 bits per heavy atom. The van der Waals surface area contributed by atoms with Gasteiger partial charge in [0, 0.05) is 18.4 Å². The molecule has 20 heavy (non-hydrogen) atoms. The summed E-state index contributed by atoms with van der Waals surface area (Å²) >= 11 is 0. The molecule has 108 valence electrons. The van der Waals surface area contributed by atoms with Crippen molar-refractivity contribution in [2.75, 3.05) is 0 Å². The van der Waals surface area contributed by atoms with Crippen LogP contribution < -0.4 is 0 Å². The van der Waals surface area contributed by atoms with Crippen LogP contribution in [0.2, 0.25) is 0 Å². The van der Waals surface area contributed by atoms with Gasteiger partial charge >= 0.3 is 5.97 Å². The van der Waals surface area contributed by atoms with Gasteiger partial charge in [-0.15, -0.1) is 0 Å². The van der Waals surface area contributed by atoms with E-state index in [1.54, 1.807) is 13.0 Å². The van der Waals surface area contributed by atoms with Crippen molar-refractivity contribution in [3.63, 3.8) is 0 Å². The first-order chi connectivity index (χ1) is 9.19. The molecule has 1 saturated heterocycles. The summed E-state index contributed by atoms with van der Waals surface area (Å²) in [5.74, 6) is -1.51. The lowest BCUT2D eigenvalue weighted by atomic mass is 9.82. The molecular formula is C14H17NO5. The molecule has 1 aromatic rings. The zero-order valence-corrected chi connectivity index (χ0v) is 11.7. The second-order valence-electron chi connectivity index (χ2n) is 5.92. The normalized spacial score (nSPS) is 18.4. The molecule has 2 heterocycles. The lowest BCUT2D eigenvalue weighted by Gasteiger charge is -2.34. The third kappa shape index (κ3) is 2.74. The van der Waals surface area contributed by atoms with Gasteiger partial charge in [-0.1, -0.05) is 13.8 Å². The van der Waals surface area contributed by atoms with Gasteiger partial charge in [0.05, 0.1) is 6.54 Å². The van der Waals surface area contributed by atoms with Gasteiger partial charge in [0.15, 0.2) is 0 Å². The Kier molecular flexibility index (Phi) is 3.41. The smallest absolute Gasteiger partial charge is 0.372 e. The molecule has 1 aromatic heterocycles. The summed E-state index contributed by atoms with van der Waals surface area (Å²) < 4.78 is 5.18. The molecule has 6 nitrogen and oxygen atoms in total. The van der Waals surface area contributed by atoms with Gasteiger partial charge in [0.25, 0.3) is 0 Å². The van der Waals surface area contributed by atoms with E-state index < -0.39 is 5.97 Å². The van der Waals surface area contributed by atoms with Gasteiger partial charge in [0.1, 0.15) is 5.76 Å². The summed E-state index contributed by atoms with van der Waals surface area (Å²) in [5.41, 5.74) is 0.153. The monoisotopic (exact) mass is 279 g/mol. The fourth-order valence-electron chi connectivity index (χ4n) is 2.38. The molecule has 1 fully saturated rings. The SMILES string of the molecule is Cc1cc(CN2C(=O)CC(C)(C)CC2=O)oc1C(=O)O. The number of carbonyl (C=O) groups is 3. The molecule has 1 aliphatic heterocycles. The molecule has 2 amide bonds. The molecular weight excluding hydrogens is 262 g/mol. The van der Waals surface area contributed by atoms with Gasteiger partial charge in [-0.2, -0.15) is 0 Å². The number of amides is 2. The van der Waals surface area contributed by atoms with E-state index in [1.165, 1.54) is 0 Å². The van der Waals surface area contributed by atoms with Crippen molar-refractivity contribution in [3.8, 4) is 0 Å². The van der Waals surface area contributed by atoms with Crippen LogP contribution in [0.15, 0.2) is 10.5 Å². The minimum absolute atomic E-state index is 0.0120. The number of hydrogen-bond acceptors (Lipinski definition) is 4. The molecule has 1 aliphatic rings. The van der Waals surface area contributed by atoms with Crippen LogP contribution in [0.3, 0.4) is 0 Å². The van der Waals surface area contributed by atoms with Crippen LogP contribution in [0.1, 0.15) is 48.6 Å². The summed E-state index contributed by atoms with van der Waals surface area (Å²) in [7, 11) is 0. The Morgan fingerprint density at radius 3 is 2.35 bits per heavy atom. The number of furan rings is 1. The highest BCUT2D eigenvalue weighted by Gasteiger charge is 2.37. The van der Waals surface area contributed by atoms with Crippen molar-refractivity contribution in [2.45, 2.75) is 40.2 Å². The first kappa shape index (κ1) is 14.3. The van der Waals surface area contributed by atoms with Gasteiger partial charge < -0.3 is 9.52 Å². The van der Waals surface area contributed by atoms with Crippen molar-refractivity contribution in [1.29, 1.82) is 0 Å². The van der Waals surface area contributed by atoms with Crippen LogP contribution >= 0.6 is 0 Å². The van der Waals surface area contributed by atoms with Gasteiger partial charge in [0.2, 0.25) is 17.6 Å². The van der Waals surface area contributed by atoms with Gasteiger partial charge in [-0.05, 0) is 18.4 Å². The zero-order valence-electron chi connectivity index (χ0n) is 11.7. The van der Waals surface area contributed by atoms with Crippen LogP contribution in [0.25, 0.3) is 0 Å². The van der Waals surface area contributed by atoms with E-state index in [9.17, 15) is 14.4 Å². The van der Waals surface area contributed by atoms with E-state index in [0.29, 0.717) is 24.2 Å². The standard InChI is InChI=1S/C14H17NO5/c1-8-4-9(20-12(8)13(18)19)7-15-10(16)5-14(2,3)6-11(15)17/h4H,5-7H2,1-3H3,(H,18,19). The van der Waals surface area contributed by atoms with Crippen LogP contribution in [0, 0.1) is 12.3 Å². The molecule has 0 aliphatic carbocycles. The summed E-state index contributed by atoms with van der Waals surface area (Å²) in [5, 5.41) is 8.92. The van der Waals surface area contributed by atoms with E-state index in [1.807, 2.05) is 13.8 Å². The summed E-state index contributed by atoms with van der Waals surface area (Å²) in [6.45, 7) is 5.35. The van der Waals surface area contributed by atoms with Crippen molar-refractivity contribution in [2.24, 2.45) is 5.41 Å². The van der Waals surface area contributed by atoms with E-state index >= 15 is 0 Å². The van der Waals surface area contributed by atoms with Crippen molar-refractivity contribution in [3.05, 3.63) is 23.2 Å². The quantitative estimate of drug-likeness (QED) is 0.854. The lowest BCUT2D eigenvalue weighted by molar-refractivity contribution is -0.153. The fraction of sp³-hybridized carbons (Fsp3) is 0.500. The number of carbonyl (C=O) groups excluding carboxylic acids is 2. The Balaban J connectivity index is 2.18. The highest BCUT2D eigenvalue weighted by atomic mass is 16.4. The van der Waals surface area contributed by atoms with Crippen LogP contribution in [-0.2, 0) is 16.1 Å². The average molecular weight is 279 g/mol. The third-order valence-electron chi connectivity index (χ3n) is 3.34. The van der Waals surface area contributed by atoms with Crippen molar-refractivity contribution < 1.29 is 23.9 Å². The van der Waals surface area contributed by atoms with Crippen LogP contribution in [0.5, 0.6) is 0 Å². The second-order valence-corrected chi connectivity index (χ2v) is 5.92. The molecule has 2 rings (SSSR count). The maximum atomic E-state index is 12.0. The lowest BCUT2D eigenvalue weighted by Crippen LogP contribution is -2.45. The zero-order chi connectivity index (χ0) is 15.1. The van der Waals surface area contributed by atoms with E-state index in [0.717, 1.165) is 4.90 Å². The molecule has 6 heteroatoms. The first-order valence-corrected chi connectivity index (χ1v) is 6.35. The number of carboxylic acids is 1. The van der Waals surface area contributed by atoms with Crippen molar-refractivity contribution in [1.82, 2.24) is 4.90 Å². The number of nitrogens with zero attached hydrogens (tertiary/aromatic N) is 1. The molecule has 0 unspecified atom stereocenters. The maximum absolute atomic E-state index is 12.0. The predicted octanol–water partition coefficient (Wildman–Crippen LogP) is 1.96. The predicted molar refractivity (Wildman–Crippen MR) is 69.0 cm³/mol. The second kappa shape index (κ2) is 4.77. The minimum Gasteiger partial charge on any atom is -0.475 e. The Hall–Kier alpha value is -2.11. The van der Waals surface area contributed by atoms with E-state index in [2.05, 4.69) is 0 Å². The Labute approximate surface area is 116 Å². The number of hydrogen-bond donors (Lipinski definition) is 1. The highest BCUT2D eigenvalue weighted by Crippen LogP contribution is 2.32. The number of aryl methyl sites for hydroxylation is 1. The number of imide groups is 1. The molecule has 0 spiro atoms. The third-order valence-corrected chi connectivity index (χ3v) is 3.34. The number of piperidine rings is 1. The topological polar surface area (TPSA) is 87.8 Å². The Morgan fingerprint density at radius 2 is 1.90 bits per heavy atom. The molecule has 0 radical (unpaired) electrons. The average Bonchev–Trinajstić information content (AvgIpc) is 2.64. The highest BCUT2D eigenvalue weighted by molar-refractivity contribution is 5.98. The molecule has 0 aromatic carbocycles. The molecule has 1 N–H and O–H groups in total. The van der Waals surface area contributed by atoms with Crippen LogP contribution in [-0.4, -0.2) is 27.8 Å². The fourth-order valence-corrected chi connectivity index (χ4v) is 2.38. The molecule has 0 bridgehead atoms. The van der Waals surface area contributed by atoms with Crippen molar-refractivity contribution >= 4 is 17.8 Å². The van der Waals surface area contributed by atoms with Gasteiger partial charge in [-0.25, -0.2) is 4.79 Å². The van der Waals surface area contributed by atoms with E-state index in [4.69, 9.17) is 9.52 Å². The summed E-state index contributed by atoms with van der Waals surface area (Å²) in [6, 6.07) is 1.55. The Bertz CT molecular complexity index is 564. The first-order valence-electron chi connectivity index (χ1n) is 6.35.